The number of rotatable bonds is 4. The number of piperazine rings is 1. The first kappa shape index (κ1) is 22.0. The van der Waals surface area contributed by atoms with Crippen molar-refractivity contribution >= 4 is 29.2 Å². The van der Waals surface area contributed by atoms with Crippen LogP contribution in [0.4, 0.5) is 0 Å². The third-order valence-corrected chi connectivity index (χ3v) is 6.74. The Labute approximate surface area is 180 Å². The number of benzene rings is 1. The monoisotopic (exact) mass is 419 g/mol. The fourth-order valence-corrected chi connectivity index (χ4v) is 4.86. The van der Waals surface area contributed by atoms with Gasteiger partial charge in [0.2, 0.25) is 0 Å². The van der Waals surface area contributed by atoms with Gasteiger partial charge >= 0.3 is 0 Å². The van der Waals surface area contributed by atoms with Crippen LogP contribution >= 0.6 is 12.4 Å². The normalized spacial score (nSPS) is 21.2. The third kappa shape index (κ3) is 4.41. The Kier molecular flexibility index (Phi) is 7.12. The lowest BCUT2D eigenvalue weighted by Gasteiger charge is -2.37. The molecule has 0 radical (unpaired) electrons. The lowest BCUT2D eigenvalue weighted by molar-refractivity contribution is 0.0574. The molecule has 1 aliphatic heterocycles. The minimum absolute atomic E-state index is 0. The molecule has 1 amide bonds. The molecule has 2 aromatic rings. The van der Waals surface area contributed by atoms with Crippen molar-refractivity contribution in [2.75, 3.05) is 33.8 Å². The van der Waals surface area contributed by atoms with Gasteiger partial charge in [0.05, 0.1) is 18.2 Å². The van der Waals surface area contributed by atoms with Gasteiger partial charge in [-0.2, -0.15) is 0 Å². The van der Waals surface area contributed by atoms with E-state index in [4.69, 9.17) is 4.74 Å². The highest BCUT2D eigenvalue weighted by atomic mass is 35.5. The second-order valence-corrected chi connectivity index (χ2v) is 8.64. The van der Waals surface area contributed by atoms with Gasteiger partial charge < -0.3 is 19.1 Å². The van der Waals surface area contributed by atoms with Gasteiger partial charge in [0, 0.05) is 43.8 Å². The molecule has 1 aromatic carbocycles. The van der Waals surface area contributed by atoms with Crippen molar-refractivity contribution in [2.45, 2.75) is 51.6 Å². The standard InChI is InChI=1S/C23H33N3O2.ClH/c1-17-14-25(13-12-24(17)2)23(27)20-16-26(15-18-8-5-4-6-9-18)22-19(20)10-7-11-21(22)28-3;/h7,10-11,16-18H,4-6,8-9,12-15H2,1-3H3;1H/t17-;/m0./s1. The lowest BCUT2D eigenvalue weighted by Crippen LogP contribution is -2.52. The molecule has 6 heteroatoms. The molecular formula is C23H34ClN3O2. The van der Waals surface area contributed by atoms with Gasteiger partial charge in [0.25, 0.3) is 5.91 Å². The highest BCUT2D eigenvalue weighted by Gasteiger charge is 2.28. The summed E-state index contributed by atoms with van der Waals surface area (Å²) in [5.41, 5.74) is 1.89. The number of carbonyl (C=O) groups excluding carboxylic acids is 1. The molecular weight excluding hydrogens is 386 g/mol. The van der Waals surface area contributed by atoms with Gasteiger partial charge in [-0.15, -0.1) is 12.4 Å². The molecule has 1 aliphatic carbocycles. The minimum atomic E-state index is 0. The molecule has 29 heavy (non-hydrogen) atoms. The van der Waals surface area contributed by atoms with Gasteiger partial charge in [0.15, 0.2) is 0 Å². The number of hydrogen-bond donors (Lipinski definition) is 0. The molecule has 1 saturated heterocycles. The van der Waals surface area contributed by atoms with Crippen LogP contribution in [0, 0.1) is 5.92 Å². The van der Waals surface area contributed by atoms with Crippen molar-refractivity contribution in [3.63, 3.8) is 0 Å². The summed E-state index contributed by atoms with van der Waals surface area (Å²) in [6, 6.07) is 6.46. The fourth-order valence-electron chi connectivity index (χ4n) is 4.86. The number of ether oxygens (including phenoxy) is 1. The molecule has 0 bridgehead atoms. The fraction of sp³-hybridized carbons (Fsp3) is 0.609. The molecule has 2 fully saturated rings. The average molecular weight is 420 g/mol. The summed E-state index contributed by atoms with van der Waals surface area (Å²) >= 11 is 0. The number of methoxy groups -OCH3 is 1. The number of nitrogens with zero attached hydrogens (tertiary/aromatic N) is 3. The van der Waals surface area contributed by atoms with Crippen LogP contribution in [0.2, 0.25) is 0 Å². The summed E-state index contributed by atoms with van der Waals surface area (Å²) in [7, 11) is 3.85. The molecule has 5 nitrogen and oxygen atoms in total. The van der Waals surface area contributed by atoms with Gasteiger partial charge in [-0.05, 0) is 38.8 Å². The van der Waals surface area contributed by atoms with E-state index >= 15 is 0 Å². The second-order valence-electron chi connectivity index (χ2n) is 8.64. The largest absolute Gasteiger partial charge is 0.495 e. The van der Waals surface area contributed by atoms with E-state index in [-0.39, 0.29) is 18.3 Å². The molecule has 1 atom stereocenters. The van der Waals surface area contributed by atoms with E-state index in [1.807, 2.05) is 17.0 Å². The van der Waals surface area contributed by atoms with Crippen LogP contribution in [0.3, 0.4) is 0 Å². The molecule has 1 saturated carbocycles. The summed E-state index contributed by atoms with van der Waals surface area (Å²) in [6.07, 6.45) is 8.67. The van der Waals surface area contributed by atoms with E-state index in [0.29, 0.717) is 12.0 Å². The number of halogens is 1. The smallest absolute Gasteiger partial charge is 0.256 e. The van der Waals surface area contributed by atoms with Gasteiger partial charge in [-0.25, -0.2) is 0 Å². The highest BCUT2D eigenvalue weighted by Crippen LogP contribution is 2.33. The van der Waals surface area contributed by atoms with Crippen LogP contribution in [0.5, 0.6) is 5.75 Å². The van der Waals surface area contributed by atoms with Crippen LogP contribution < -0.4 is 4.74 Å². The van der Waals surface area contributed by atoms with Crippen LogP contribution in [-0.2, 0) is 6.54 Å². The first-order valence-corrected chi connectivity index (χ1v) is 10.7. The van der Waals surface area contributed by atoms with E-state index in [2.05, 4.69) is 35.7 Å². The van der Waals surface area contributed by atoms with E-state index in [9.17, 15) is 4.79 Å². The summed E-state index contributed by atoms with van der Waals surface area (Å²) < 4.78 is 7.96. The number of carbonyl (C=O) groups is 1. The SMILES string of the molecule is COc1cccc2c(C(=O)N3CCN(C)[C@@H](C)C3)cn(CC3CCCCC3)c12.Cl. The Balaban J connectivity index is 0.00000240. The van der Waals surface area contributed by atoms with Crippen LogP contribution in [0.1, 0.15) is 49.4 Å². The maximum atomic E-state index is 13.4. The summed E-state index contributed by atoms with van der Waals surface area (Å²) in [6.45, 7) is 5.67. The van der Waals surface area contributed by atoms with Gasteiger partial charge in [-0.1, -0.05) is 31.4 Å². The number of para-hydroxylation sites is 1. The van der Waals surface area contributed by atoms with Crippen molar-refractivity contribution in [2.24, 2.45) is 5.92 Å². The number of likely N-dealkylation sites (N-methyl/N-ethyl adjacent to an activating group) is 1. The molecule has 160 valence electrons. The zero-order valence-electron chi connectivity index (χ0n) is 17.9. The molecule has 0 spiro atoms. The van der Waals surface area contributed by atoms with Crippen molar-refractivity contribution in [1.29, 1.82) is 0 Å². The first-order chi connectivity index (χ1) is 13.6. The van der Waals surface area contributed by atoms with Crippen LogP contribution in [0.15, 0.2) is 24.4 Å². The zero-order chi connectivity index (χ0) is 19.7. The number of amides is 1. The van der Waals surface area contributed by atoms with Crippen molar-refractivity contribution in [3.8, 4) is 5.75 Å². The van der Waals surface area contributed by atoms with Crippen LogP contribution in [-0.4, -0.2) is 60.1 Å². The first-order valence-electron chi connectivity index (χ1n) is 10.7. The minimum Gasteiger partial charge on any atom is -0.495 e. The van der Waals surface area contributed by atoms with Gasteiger partial charge in [-0.3, -0.25) is 4.79 Å². The Morgan fingerprint density at radius 1 is 1.17 bits per heavy atom. The van der Waals surface area contributed by atoms with E-state index in [0.717, 1.165) is 48.4 Å². The Hall–Kier alpha value is -1.72. The highest BCUT2D eigenvalue weighted by molar-refractivity contribution is 6.08. The molecule has 1 aromatic heterocycles. The number of aromatic nitrogens is 1. The predicted molar refractivity (Wildman–Crippen MR) is 120 cm³/mol. The van der Waals surface area contributed by atoms with Gasteiger partial charge in [0.1, 0.15) is 5.75 Å². The Morgan fingerprint density at radius 2 is 1.93 bits per heavy atom. The maximum absolute atomic E-state index is 13.4. The lowest BCUT2D eigenvalue weighted by atomic mass is 9.89. The van der Waals surface area contributed by atoms with Crippen molar-refractivity contribution in [1.82, 2.24) is 14.4 Å². The summed E-state index contributed by atoms with van der Waals surface area (Å²) in [5.74, 6) is 1.71. The Bertz CT molecular complexity index is 844. The molecule has 4 rings (SSSR count). The second kappa shape index (κ2) is 9.40. The summed E-state index contributed by atoms with van der Waals surface area (Å²) in [4.78, 5) is 17.8. The maximum Gasteiger partial charge on any atom is 0.256 e. The van der Waals surface area contributed by atoms with E-state index in [1.54, 1.807) is 7.11 Å². The molecule has 2 heterocycles. The van der Waals surface area contributed by atoms with Crippen LogP contribution in [0.25, 0.3) is 10.9 Å². The van der Waals surface area contributed by atoms with E-state index < -0.39 is 0 Å². The zero-order valence-corrected chi connectivity index (χ0v) is 18.7. The van der Waals surface area contributed by atoms with E-state index in [1.165, 1.54) is 32.1 Å². The van der Waals surface area contributed by atoms with Crippen molar-refractivity contribution in [3.05, 3.63) is 30.0 Å². The third-order valence-electron chi connectivity index (χ3n) is 6.74. The molecule has 2 aliphatic rings. The quantitative estimate of drug-likeness (QED) is 0.735. The number of fused-ring (bicyclic) bond motifs is 1. The summed E-state index contributed by atoms with van der Waals surface area (Å²) in [5, 5.41) is 1.02. The van der Waals surface area contributed by atoms with Crippen molar-refractivity contribution < 1.29 is 9.53 Å². The topological polar surface area (TPSA) is 37.7 Å². The Morgan fingerprint density at radius 3 is 2.62 bits per heavy atom. The average Bonchev–Trinajstić information content (AvgIpc) is 3.09. The number of hydrogen-bond acceptors (Lipinski definition) is 3. The molecule has 0 unspecified atom stereocenters. The molecule has 0 N–H and O–H groups in total. The predicted octanol–water partition coefficient (Wildman–Crippen LogP) is 4.43.